The number of alkyl halides is 3. The van der Waals surface area contributed by atoms with Crippen LogP contribution >= 0.6 is 11.6 Å². The SMILES string of the molecule is Cc1nc(Cn2cc(C(F)(F)F)cc(Cl)c2=O)n(CC(=O)O)n1. The Morgan fingerprint density at radius 1 is 1.43 bits per heavy atom. The number of aryl methyl sites for hydroxylation is 1. The number of aromatic nitrogens is 4. The minimum atomic E-state index is -4.68. The number of pyridine rings is 1. The highest BCUT2D eigenvalue weighted by Gasteiger charge is 2.32. The van der Waals surface area contributed by atoms with E-state index in [9.17, 15) is 22.8 Å². The highest BCUT2D eigenvalue weighted by atomic mass is 35.5. The summed E-state index contributed by atoms with van der Waals surface area (Å²) in [6.07, 6.45) is -4.08. The Labute approximate surface area is 131 Å². The normalized spacial score (nSPS) is 11.7. The van der Waals surface area contributed by atoms with Crippen molar-refractivity contribution in [3.05, 3.63) is 44.9 Å². The number of carboxylic acids is 1. The van der Waals surface area contributed by atoms with Gasteiger partial charge in [-0.15, -0.1) is 0 Å². The van der Waals surface area contributed by atoms with Gasteiger partial charge in [0.05, 0.1) is 12.1 Å². The molecule has 0 aliphatic heterocycles. The van der Waals surface area contributed by atoms with Crippen molar-refractivity contribution in [2.75, 3.05) is 0 Å². The summed E-state index contributed by atoms with van der Waals surface area (Å²) in [5, 5.41) is 12.0. The second-order valence-electron chi connectivity index (χ2n) is 4.63. The van der Waals surface area contributed by atoms with Crippen LogP contribution < -0.4 is 5.56 Å². The first-order valence-corrected chi connectivity index (χ1v) is 6.55. The lowest BCUT2D eigenvalue weighted by Gasteiger charge is -2.11. The van der Waals surface area contributed by atoms with E-state index in [2.05, 4.69) is 10.1 Å². The fourth-order valence-corrected chi connectivity index (χ4v) is 2.12. The molecule has 0 saturated heterocycles. The van der Waals surface area contributed by atoms with Crippen molar-refractivity contribution in [3.8, 4) is 0 Å². The minimum absolute atomic E-state index is 0.0300. The standard InChI is InChI=1S/C12H10ClF3N4O3/c1-6-17-9(20(18-6)5-10(21)22)4-19-3-7(12(14,15)16)2-8(13)11(19)23/h2-3H,4-5H2,1H3,(H,21,22). The molecular weight excluding hydrogens is 341 g/mol. The van der Waals surface area contributed by atoms with Gasteiger partial charge in [-0.2, -0.15) is 18.3 Å². The maximum atomic E-state index is 12.8. The summed E-state index contributed by atoms with van der Waals surface area (Å²) in [7, 11) is 0. The number of nitrogens with zero attached hydrogens (tertiary/aromatic N) is 4. The Kier molecular flexibility index (Phi) is 4.46. The van der Waals surface area contributed by atoms with Crippen molar-refractivity contribution in [1.82, 2.24) is 19.3 Å². The number of hydrogen-bond donors (Lipinski definition) is 1. The van der Waals surface area contributed by atoms with Gasteiger partial charge in [0.2, 0.25) is 0 Å². The lowest BCUT2D eigenvalue weighted by Crippen LogP contribution is -2.25. The van der Waals surface area contributed by atoms with Crippen LogP contribution in [-0.4, -0.2) is 30.4 Å². The van der Waals surface area contributed by atoms with Crippen LogP contribution in [0.2, 0.25) is 5.02 Å². The Bertz CT molecular complexity index is 813. The molecule has 124 valence electrons. The van der Waals surface area contributed by atoms with Crippen molar-refractivity contribution >= 4 is 17.6 Å². The first kappa shape index (κ1) is 17.0. The number of halogens is 4. The molecule has 0 aliphatic carbocycles. The molecule has 0 spiro atoms. The van der Waals surface area contributed by atoms with Gasteiger partial charge in [-0.3, -0.25) is 9.59 Å². The molecule has 0 bridgehead atoms. The highest BCUT2D eigenvalue weighted by Crippen LogP contribution is 2.29. The average Bonchev–Trinajstić information content (AvgIpc) is 2.72. The molecule has 0 atom stereocenters. The molecular formula is C12H10ClF3N4O3. The molecule has 0 radical (unpaired) electrons. The van der Waals surface area contributed by atoms with E-state index in [-0.39, 0.29) is 11.6 Å². The van der Waals surface area contributed by atoms with Gasteiger partial charge in [-0.1, -0.05) is 11.6 Å². The largest absolute Gasteiger partial charge is 0.480 e. The molecule has 11 heteroatoms. The first-order valence-electron chi connectivity index (χ1n) is 6.17. The van der Waals surface area contributed by atoms with Crippen LogP contribution in [0.1, 0.15) is 17.2 Å². The van der Waals surface area contributed by atoms with Crippen LogP contribution in [0.25, 0.3) is 0 Å². The van der Waals surface area contributed by atoms with E-state index in [0.29, 0.717) is 16.8 Å². The van der Waals surface area contributed by atoms with E-state index in [1.54, 1.807) is 0 Å². The lowest BCUT2D eigenvalue weighted by molar-refractivity contribution is -0.138. The van der Waals surface area contributed by atoms with Crippen LogP contribution in [0, 0.1) is 6.92 Å². The fourth-order valence-electron chi connectivity index (χ4n) is 1.90. The molecule has 0 saturated carbocycles. The van der Waals surface area contributed by atoms with Crippen molar-refractivity contribution in [2.24, 2.45) is 0 Å². The van der Waals surface area contributed by atoms with Crippen LogP contribution in [0.4, 0.5) is 13.2 Å². The molecule has 0 aliphatic rings. The topological polar surface area (TPSA) is 90.0 Å². The van der Waals surface area contributed by atoms with E-state index in [1.165, 1.54) is 6.92 Å². The predicted octanol–water partition coefficient (Wildman–Crippen LogP) is 1.55. The number of carbonyl (C=O) groups is 1. The van der Waals surface area contributed by atoms with Gasteiger partial charge in [0.1, 0.15) is 23.2 Å². The van der Waals surface area contributed by atoms with E-state index >= 15 is 0 Å². The number of carboxylic acid groups (broad SMARTS) is 1. The summed E-state index contributed by atoms with van der Waals surface area (Å²) in [5.74, 6) is -0.944. The summed E-state index contributed by atoms with van der Waals surface area (Å²) in [6, 6.07) is 0.535. The molecule has 1 N–H and O–H groups in total. The molecule has 2 aromatic heterocycles. The van der Waals surface area contributed by atoms with Gasteiger partial charge in [0, 0.05) is 6.20 Å². The van der Waals surface area contributed by atoms with Gasteiger partial charge in [0.25, 0.3) is 5.56 Å². The summed E-state index contributed by atoms with van der Waals surface area (Å²) in [5.41, 5.74) is -1.94. The van der Waals surface area contributed by atoms with Gasteiger partial charge in [-0.05, 0) is 13.0 Å². The maximum Gasteiger partial charge on any atom is 0.417 e. The highest BCUT2D eigenvalue weighted by molar-refractivity contribution is 6.30. The van der Waals surface area contributed by atoms with Gasteiger partial charge in [-0.25, -0.2) is 9.67 Å². The monoisotopic (exact) mass is 350 g/mol. The molecule has 23 heavy (non-hydrogen) atoms. The summed E-state index contributed by atoms with van der Waals surface area (Å²) < 4.78 is 40.1. The molecule has 2 heterocycles. The van der Waals surface area contributed by atoms with Crippen LogP contribution in [0.15, 0.2) is 17.1 Å². The van der Waals surface area contributed by atoms with Crippen LogP contribution in [-0.2, 0) is 24.1 Å². The van der Waals surface area contributed by atoms with E-state index in [4.69, 9.17) is 16.7 Å². The maximum absolute atomic E-state index is 12.8. The fraction of sp³-hybridized carbons (Fsp3) is 0.333. The summed E-state index contributed by atoms with van der Waals surface area (Å²) in [4.78, 5) is 26.6. The zero-order valence-corrected chi connectivity index (χ0v) is 12.4. The smallest absolute Gasteiger partial charge is 0.417 e. The third-order valence-electron chi connectivity index (χ3n) is 2.82. The Hall–Kier alpha value is -2.36. The second-order valence-corrected chi connectivity index (χ2v) is 5.04. The third-order valence-corrected chi connectivity index (χ3v) is 3.09. The Balaban J connectivity index is 2.46. The molecule has 2 rings (SSSR count). The van der Waals surface area contributed by atoms with Gasteiger partial charge >= 0.3 is 12.1 Å². The number of rotatable bonds is 4. The van der Waals surface area contributed by atoms with Crippen molar-refractivity contribution in [3.63, 3.8) is 0 Å². The van der Waals surface area contributed by atoms with Crippen molar-refractivity contribution in [2.45, 2.75) is 26.2 Å². The average molecular weight is 351 g/mol. The van der Waals surface area contributed by atoms with E-state index in [1.807, 2.05) is 0 Å². The molecule has 0 unspecified atom stereocenters. The molecule has 2 aromatic rings. The van der Waals surface area contributed by atoms with Gasteiger partial charge < -0.3 is 9.67 Å². The quantitative estimate of drug-likeness (QED) is 0.903. The Morgan fingerprint density at radius 2 is 2.09 bits per heavy atom. The number of hydrogen-bond acceptors (Lipinski definition) is 4. The summed E-state index contributed by atoms with van der Waals surface area (Å²) in [6.45, 7) is 0.567. The molecule has 0 amide bonds. The molecule has 7 nitrogen and oxygen atoms in total. The van der Waals surface area contributed by atoms with E-state index in [0.717, 1.165) is 4.68 Å². The Morgan fingerprint density at radius 3 is 2.65 bits per heavy atom. The molecule has 0 fully saturated rings. The summed E-state index contributed by atoms with van der Waals surface area (Å²) >= 11 is 5.55. The van der Waals surface area contributed by atoms with Crippen LogP contribution in [0.3, 0.4) is 0 Å². The van der Waals surface area contributed by atoms with Crippen molar-refractivity contribution in [1.29, 1.82) is 0 Å². The number of aliphatic carboxylic acids is 1. The second kappa shape index (κ2) is 6.03. The first-order chi connectivity index (χ1) is 10.6. The molecule has 0 aromatic carbocycles. The van der Waals surface area contributed by atoms with Gasteiger partial charge in [0.15, 0.2) is 0 Å². The van der Waals surface area contributed by atoms with Crippen molar-refractivity contribution < 1.29 is 23.1 Å². The van der Waals surface area contributed by atoms with E-state index < -0.39 is 41.4 Å². The minimum Gasteiger partial charge on any atom is -0.480 e. The lowest BCUT2D eigenvalue weighted by atomic mass is 10.2. The zero-order valence-electron chi connectivity index (χ0n) is 11.6. The predicted molar refractivity (Wildman–Crippen MR) is 72.2 cm³/mol. The third kappa shape index (κ3) is 3.89. The van der Waals surface area contributed by atoms with Crippen LogP contribution in [0.5, 0.6) is 0 Å². The zero-order chi connectivity index (χ0) is 17.4.